The van der Waals surface area contributed by atoms with E-state index in [0.29, 0.717) is 28.6 Å². The molecule has 1 heterocycles. The zero-order valence-electron chi connectivity index (χ0n) is 12.9. The second-order valence-electron chi connectivity index (χ2n) is 5.16. The first-order valence-corrected chi connectivity index (χ1v) is 7.09. The molecule has 0 saturated carbocycles. The Bertz CT molecular complexity index is 892. The maximum Gasteiger partial charge on any atom is 0.227 e. The molecule has 0 aliphatic rings. The van der Waals surface area contributed by atoms with Crippen molar-refractivity contribution in [2.24, 2.45) is 0 Å². The first kappa shape index (κ1) is 14.8. The predicted octanol–water partition coefficient (Wildman–Crippen LogP) is 3.27. The van der Waals surface area contributed by atoms with Crippen LogP contribution in [0.3, 0.4) is 0 Å². The van der Waals surface area contributed by atoms with E-state index in [0.717, 1.165) is 16.5 Å². The van der Waals surface area contributed by atoms with Crippen LogP contribution in [0.15, 0.2) is 36.5 Å². The van der Waals surface area contributed by atoms with Crippen LogP contribution in [0.2, 0.25) is 0 Å². The molecule has 3 aromatic rings. The summed E-state index contributed by atoms with van der Waals surface area (Å²) in [5.74, 6) is 1.01. The van der Waals surface area contributed by atoms with Gasteiger partial charge in [0.1, 0.15) is 5.75 Å². The van der Waals surface area contributed by atoms with Gasteiger partial charge in [0.05, 0.1) is 18.2 Å². The molecule has 3 rings (SSSR count). The van der Waals surface area contributed by atoms with Crippen molar-refractivity contribution in [1.82, 2.24) is 9.97 Å². The fourth-order valence-electron chi connectivity index (χ4n) is 2.44. The summed E-state index contributed by atoms with van der Waals surface area (Å²) in [7, 11) is 1.54. The van der Waals surface area contributed by atoms with Crippen molar-refractivity contribution in [1.29, 1.82) is 5.41 Å². The monoisotopic (exact) mass is 307 g/mol. The van der Waals surface area contributed by atoms with E-state index in [9.17, 15) is 0 Å². The minimum atomic E-state index is 0.457. The molecule has 0 fully saturated rings. The first-order valence-electron chi connectivity index (χ1n) is 7.09. The standard InChI is InChI=1S/C17H17N5O/c1-10-4-3-5-11-9-20-17(22-16(10)11)21-12-6-14(19)13(8-18)15(7-12)23-2/h3-9,18H,19H2,1-2H3,(H,20,21,22). The van der Waals surface area contributed by atoms with Gasteiger partial charge in [-0.1, -0.05) is 18.2 Å². The Morgan fingerprint density at radius 1 is 1.30 bits per heavy atom. The van der Waals surface area contributed by atoms with Crippen molar-refractivity contribution in [2.75, 3.05) is 18.2 Å². The van der Waals surface area contributed by atoms with Crippen molar-refractivity contribution in [2.45, 2.75) is 6.92 Å². The normalized spacial score (nSPS) is 10.5. The van der Waals surface area contributed by atoms with Crippen molar-refractivity contribution < 1.29 is 4.74 Å². The van der Waals surface area contributed by atoms with Gasteiger partial charge >= 0.3 is 0 Å². The largest absolute Gasteiger partial charge is 0.496 e. The van der Waals surface area contributed by atoms with Gasteiger partial charge in [-0.25, -0.2) is 9.97 Å². The van der Waals surface area contributed by atoms with Gasteiger partial charge in [0.25, 0.3) is 0 Å². The molecule has 2 aromatic carbocycles. The van der Waals surface area contributed by atoms with Crippen LogP contribution in [0.1, 0.15) is 11.1 Å². The Morgan fingerprint density at radius 2 is 2.13 bits per heavy atom. The van der Waals surface area contributed by atoms with Crippen LogP contribution in [0.4, 0.5) is 17.3 Å². The lowest BCUT2D eigenvalue weighted by Gasteiger charge is -2.12. The lowest BCUT2D eigenvalue weighted by Crippen LogP contribution is -2.02. The van der Waals surface area contributed by atoms with Crippen LogP contribution < -0.4 is 15.8 Å². The number of nitrogens with one attached hydrogen (secondary N) is 2. The molecular weight excluding hydrogens is 290 g/mol. The molecule has 116 valence electrons. The lowest BCUT2D eigenvalue weighted by atomic mass is 10.1. The van der Waals surface area contributed by atoms with Gasteiger partial charge in [-0.2, -0.15) is 0 Å². The molecule has 0 spiro atoms. The van der Waals surface area contributed by atoms with E-state index in [1.807, 2.05) is 25.1 Å². The third-order valence-electron chi connectivity index (χ3n) is 3.61. The van der Waals surface area contributed by atoms with E-state index < -0.39 is 0 Å². The molecule has 0 unspecified atom stereocenters. The van der Waals surface area contributed by atoms with Gasteiger partial charge < -0.3 is 21.2 Å². The number of hydrogen-bond acceptors (Lipinski definition) is 6. The number of nitrogen functional groups attached to an aromatic ring is 1. The molecule has 4 N–H and O–H groups in total. The lowest BCUT2D eigenvalue weighted by molar-refractivity contribution is 0.414. The Hall–Kier alpha value is -3.15. The zero-order valence-corrected chi connectivity index (χ0v) is 12.9. The number of aromatic nitrogens is 2. The first-order chi connectivity index (χ1) is 11.1. The summed E-state index contributed by atoms with van der Waals surface area (Å²) in [6.45, 7) is 2.01. The fraction of sp³-hybridized carbons (Fsp3) is 0.118. The molecule has 1 aromatic heterocycles. The van der Waals surface area contributed by atoms with Crippen LogP contribution in [0, 0.1) is 12.3 Å². The third-order valence-corrected chi connectivity index (χ3v) is 3.61. The summed E-state index contributed by atoms with van der Waals surface area (Å²) in [6.07, 6.45) is 2.96. The van der Waals surface area contributed by atoms with Crippen molar-refractivity contribution in [3.8, 4) is 5.75 Å². The van der Waals surface area contributed by atoms with E-state index >= 15 is 0 Å². The molecule has 0 aliphatic heterocycles. The maximum atomic E-state index is 7.40. The Morgan fingerprint density at radius 3 is 2.87 bits per heavy atom. The number of ether oxygens (including phenoxy) is 1. The van der Waals surface area contributed by atoms with Gasteiger partial charge in [0.15, 0.2) is 0 Å². The molecule has 0 radical (unpaired) electrons. The zero-order chi connectivity index (χ0) is 16.4. The SMILES string of the molecule is COc1cc(Nc2ncc3cccc(C)c3n2)cc(N)c1C=N. The number of benzene rings is 2. The van der Waals surface area contributed by atoms with Gasteiger partial charge in [0.2, 0.25) is 5.95 Å². The average Bonchev–Trinajstić information content (AvgIpc) is 2.55. The van der Waals surface area contributed by atoms with Gasteiger partial charge in [-0.05, 0) is 18.6 Å². The highest BCUT2D eigenvalue weighted by Crippen LogP contribution is 2.29. The van der Waals surface area contributed by atoms with Crippen molar-refractivity contribution in [3.63, 3.8) is 0 Å². The molecular formula is C17H17N5O. The quantitative estimate of drug-likeness (QED) is 0.507. The number of aryl methyl sites for hydroxylation is 1. The molecule has 0 amide bonds. The summed E-state index contributed by atoms with van der Waals surface area (Å²) < 4.78 is 5.27. The van der Waals surface area contributed by atoms with Crippen molar-refractivity contribution >= 4 is 34.4 Å². The van der Waals surface area contributed by atoms with Crippen LogP contribution >= 0.6 is 0 Å². The van der Waals surface area contributed by atoms with Gasteiger partial charge in [-0.3, -0.25) is 0 Å². The molecule has 0 atom stereocenters. The number of para-hydroxylation sites is 1. The van der Waals surface area contributed by atoms with E-state index in [4.69, 9.17) is 15.9 Å². The molecule has 0 saturated heterocycles. The van der Waals surface area contributed by atoms with Crippen LogP contribution in [0.5, 0.6) is 5.75 Å². The molecule has 0 bridgehead atoms. The minimum Gasteiger partial charge on any atom is -0.496 e. The van der Waals surface area contributed by atoms with E-state index in [2.05, 4.69) is 15.3 Å². The number of methoxy groups -OCH3 is 1. The number of hydrogen-bond donors (Lipinski definition) is 3. The average molecular weight is 307 g/mol. The fourth-order valence-corrected chi connectivity index (χ4v) is 2.44. The van der Waals surface area contributed by atoms with E-state index in [-0.39, 0.29) is 0 Å². The van der Waals surface area contributed by atoms with E-state index in [1.54, 1.807) is 25.4 Å². The van der Waals surface area contributed by atoms with Crippen LogP contribution in [0.25, 0.3) is 10.9 Å². The molecule has 0 aliphatic carbocycles. The van der Waals surface area contributed by atoms with Gasteiger partial charge in [-0.15, -0.1) is 0 Å². The minimum absolute atomic E-state index is 0.457. The summed E-state index contributed by atoms with van der Waals surface area (Å²) >= 11 is 0. The number of anilines is 3. The summed E-state index contributed by atoms with van der Waals surface area (Å²) in [5, 5.41) is 11.5. The number of rotatable bonds is 4. The predicted molar refractivity (Wildman–Crippen MR) is 92.8 cm³/mol. The molecule has 6 nitrogen and oxygen atoms in total. The number of nitrogens with zero attached hydrogens (tertiary/aromatic N) is 2. The summed E-state index contributed by atoms with van der Waals surface area (Å²) in [4.78, 5) is 8.87. The second kappa shape index (κ2) is 5.92. The van der Waals surface area contributed by atoms with Gasteiger partial charge in [0, 0.05) is 35.2 Å². The van der Waals surface area contributed by atoms with Crippen molar-refractivity contribution in [3.05, 3.63) is 47.7 Å². The third kappa shape index (κ3) is 2.78. The molecule has 23 heavy (non-hydrogen) atoms. The summed E-state index contributed by atoms with van der Waals surface area (Å²) in [5.41, 5.74) is 9.67. The Kier molecular flexibility index (Phi) is 3.80. The Balaban J connectivity index is 2.00. The number of nitrogens with two attached hydrogens (primary N) is 1. The Labute approximate surface area is 133 Å². The van der Waals surface area contributed by atoms with Crippen LogP contribution in [-0.4, -0.2) is 23.3 Å². The molecule has 6 heteroatoms. The topological polar surface area (TPSA) is 96.9 Å². The summed E-state index contributed by atoms with van der Waals surface area (Å²) in [6, 6.07) is 9.47. The van der Waals surface area contributed by atoms with Crippen LogP contribution in [-0.2, 0) is 0 Å². The maximum absolute atomic E-state index is 7.40. The highest BCUT2D eigenvalue weighted by molar-refractivity contribution is 5.91. The number of fused-ring (bicyclic) bond motifs is 1. The van der Waals surface area contributed by atoms with E-state index in [1.165, 1.54) is 6.21 Å². The highest BCUT2D eigenvalue weighted by atomic mass is 16.5. The smallest absolute Gasteiger partial charge is 0.227 e. The highest BCUT2D eigenvalue weighted by Gasteiger charge is 2.09. The second-order valence-corrected chi connectivity index (χ2v) is 5.16.